The highest BCUT2D eigenvalue weighted by Crippen LogP contribution is 2.31. The van der Waals surface area contributed by atoms with Gasteiger partial charge < -0.3 is 15.4 Å². The van der Waals surface area contributed by atoms with E-state index in [-0.39, 0.29) is 11.3 Å². The number of methoxy groups -OCH3 is 1. The maximum atomic E-state index is 14.4. The third kappa shape index (κ3) is 4.12. The van der Waals surface area contributed by atoms with Crippen molar-refractivity contribution in [3.05, 3.63) is 77.6 Å². The molecule has 0 radical (unpaired) electrons. The molecule has 0 atom stereocenters. The summed E-state index contributed by atoms with van der Waals surface area (Å²) in [7, 11) is 3.59. The number of aryl methyl sites for hydroxylation is 1. The molecule has 0 saturated heterocycles. The normalized spacial score (nSPS) is 11.0. The first kappa shape index (κ1) is 20.5. The van der Waals surface area contributed by atoms with Crippen molar-refractivity contribution in [2.45, 2.75) is 13.5 Å². The van der Waals surface area contributed by atoms with Crippen molar-refractivity contribution >= 4 is 22.4 Å². The van der Waals surface area contributed by atoms with Crippen LogP contribution < -0.4 is 15.4 Å². The minimum atomic E-state index is -0.779. The van der Waals surface area contributed by atoms with Gasteiger partial charge in [0.05, 0.1) is 18.3 Å². The van der Waals surface area contributed by atoms with Crippen molar-refractivity contribution in [3.8, 4) is 16.9 Å². The second-order valence-corrected chi connectivity index (χ2v) is 7.41. The van der Waals surface area contributed by atoms with Crippen molar-refractivity contribution < 1.29 is 13.5 Å². The molecule has 0 spiro atoms. The molecule has 2 aromatic heterocycles. The second-order valence-electron chi connectivity index (χ2n) is 7.41. The second kappa shape index (κ2) is 8.18. The Bertz CT molecular complexity index is 1260. The lowest BCUT2D eigenvalue weighted by Gasteiger charge is -2.19. The molecule has 158 valence electrons. The van der Waals surface area contributed by atoms with Crippen molar-refractivity contribution in [2.75, 3.05) is 24.8 Å². The van der Waals surface area contributed by atoms with Gasteiger partial charge in [-0.3, -0.25) is 4.98 Å². The van der Waals surface area contributed by atoms with E-state index in [9.17, 15) is 8.78 Å². The first-order valence-electron chi connectivity index (χ1n) is 9.72. The smallest absolute Gasteiger partial charge is 0.149 e. The summed E-state index contributed by atoms with van der Waals surface area (Å²) in [5.74, 6) is 0.115. The van der Waals surface area contributed by atoms with Gasteiger partial charge in [-0.25, -0.2) is 13.8 Å². The van der Waals surface area contributed by atoms with Crippen LogP contribution in [-0.2, 0) is 6.54 Å². The van der Waals surface area contributed by atoms with Crippen molar-refractivity contribution in [2.24, 2.45) is 0 Å². The summed E-state index contributed by atoms with van der Waals surface area (Å²) in [4.78, 5) is 11.2. The molecule has 0 fully saturated rings. The monoisotopic (exact) mass is 420 g/mol. The zero-order valence-electron chi connectivity index (χ0n) is 17.5. The Morgan fingerprint density at radius 2 is 1.74 bits per heavy atom. The summed E-state index contributed by atoms with van der Waals surface area (Å²) in [6.45, 7) is 2.45. The van der Waals surface area contributed by atoms with E-state index in [0.717, 1.165) is 34.1 Å². The Morgan fingerprint density at radius 1 is 1.00 bits per heavy atom. The summed E-state index contributed by atoms with van der Waals surface area (Å²) in [5, 5.41) is 0.754. The number of aromatic nitrogens is 2. The first-order valence-corrected chi connectivity index (χ1v) is 9.72. The van der Waals surface area contributed by atoms with E-state index in [4.69, 9.17) is 10.5 Å². The van der Waals surface area contributed by atoms with Crippen LogP contribution in [0, 0.1) is 18.6 Å². The van der Waals surface area contributed by atoms with Gasteiger partial charge in [-0.2, -0.15) is 0 Å². The fourth-order valence-electron chi connectivity index (χ4n) is 3.49. The Morgan fingerprint density at radius 3 is 2.45 bits per heavy atom. The standard InChI is InChI=1S/C24H22F2N4O/c1-14-18(19-9-22(27)21(26)10-20(19)25)8-16-12-28-24(11-23(16)29-14)30(2)13-15-4-6-17(31-3)7-5-15/h4-12H,13,27H2,1-3H3. The Labute approximate surface area is 179 Å². The number of ether oxygens (including phenoxy) is 1. The van der Waals surface area contributed by atoms with Crippen molar-refractivity contribution in [3.63, 3.8) is 0 Å². The van der Waals surface area contributed by atoms with Gasteiger partial charge >= 0.3 is 0 Å². The number of halogens is 2. The lowest BCUT2D eigenvalue weighted by molar-refractivity contribution is 0.414. The van der Waals surface area contributed by atoms with Crippen LogP contribution in [0.3, 0.4) is 0 Å². The fourth-order valence-corrected chi connectivity index (χ4v) is 3.49. The lowest BCUT2D eigenvalue weighted by atomic mass is 10.0. The topological polar surface area (TPSA) is 64.3 Å². The van der Waals surface area contributed by atoms with Crippen LogP contribution in [-0.4, -0.2) is 24.1 Å². The molecule has 0 saturated carbocycles. The molecule has 7 heteroatoms. The van der Waals surface area contributed by atoms with E-state index in [1.807, 2.05) is 42.3 Å². The molecule has 2 N–H and O–H groups in total. The predicted octanol–water partition coefficient (Wildman–Crippen LogP) is 5.11. The molecule has 2 heterocycles. The molecule has 4 rings (SSSR count). The highest BCUT2D eigenvalue weighted by molar-refractivity contribution is 5.86. The molecule has 31 heavy (non-hydrogen) atoms. The number of anilines is 2. The number of hydrogen-bond donors (Lipinski definition) is 1. The molecule has 5 nitrogen and oxygen atoms in total. The highest BCUT2D eigenvalue weighted by atomic mass is 19.1. The Hall–Kier alpha value is -3.74. The van der Waals surface area contributed by atoms with Crippen molar-refractivity contribution in [1.82, 2.24) is 9.97 Å². The third-order valence-corrected chi connectivity index (χ3v) is 5.22. The quantitative estimate of drug-likeness (QED) is 0.455. The van der Waals surface area contributed by atoms with E-state index in [1.165, 1.54) is 6.07 Å². The molecule has 0 aliphatic heterocycles. The van der Waals surface area contributed by atoms with Crippen LogP contribution in [0.25, 0.3) is 22.0 Å². The summed E-state index contributed by atoms with van der Waals surface area (Å²) >= 11 is 0. The Balaban J connectivity index is 1.65. The Kier molecular flexibility index (Phi) is 5.42. The predicted molar refractivity (Wildman–Crippen MR) is 119 cm³/mol. The molecular weight excluding hydrogens is 398 g/mol. The summed E-state index contributed by atoms with van der Waals surface area (Å²) in [5.41, 5.74) is 8.77. The highest BCUT2D eigenvalue weighted by Gasteiger charge is 2.15. The maximum absolute atomic E-state index is 14.4. The number of nitrogens with two attached hydrogens (primary N) is 1. The number of rotatable bonds is 5. The summed E-state index contributed by atoms with van der Waals surface area (Å²) < 4.78 is 33.1. The van der Waals surface area contributed by atoms with Crippen LogP contribution in [0.5, 0.6) is 5.75 Å². The average molecular weight is 420 g/mol. The van der Waals surface area contributed by atoms with Gasteiger partial charge in [0.2, 0.25) is 0 Å². The van der Waals surface area contributed by atoms with Gasteiger partial charge in [-0.15, -0.1) is 0 Å². The number of hydrogen-bond acceptors (Lipinski definition) is 5. The zero-order chi connectivity index (χ0) is 22.1. The maximum Gasteiger partial charge on any atom is 0.149 e. The van der Waals surface area contributed by atoms with E-state index in [2.05, 4.69) is 9.97 Å². The number of pyridine rings is 2. The van der Waals surface area contributed by atoms with Crippen LogP contribution in [0.15, 0.2) is 54.7 Å². The van der Waals surface area contributed by atoms with E-state index in [0.29, 0.717) is 17.8 Å². The average Bonchev–Trinajstić information content (AvgIpc) is 2.76. The largest absolute Gasteiger partial charge is 0.497 e. The van der Waals surface area contributed by atoms with Crippen LogP contribution >= 0.6 is 0 Å². The lowest BCUT2D eigenvalue weighted by Crippen LogP contribution is -2.17. The van der Waals surface area contributed by atoms with Crippen molar-refractivity contribution in [1.29, 1.82) is 0 Å². The number of nitrogens with zero attached hydrogens (tertiary/aromatic N) is 3. The van der Waals surface area contributed by atoms with E-state index >= 15 is 0 Å². The molecule has 0 aliphatic rings. The van der Waals surface area contributed by atoms with E-state index < -0.39 is 11.6 Å². The minimum Gasteiger partial charge on any atom is -0.497 e. The van der Waals surface area contributed by atoms with Gasteiger partial charge in [0.1, 0.15) is 23.2 Å². The number of fused-ring (bicyclic) bond motifs is 1. The fraction of sp³-hybridized carbons (Fsp3) is 0.167. The molecular formula is C24H22F2N4O. The number of benzene rings is 2. The third-order valence-electron chi connectivity index (χ3n) is 5.22. The zero-order valence-corrected chi connectivity index (χ0v) is 17.5. The summed E-state index contributed by atoms with van der Waals surface area (Å²) in [6, 6.07) is 13.6. The molecule has 4 aromatic rings. The first-order chi connectivity index (χ1) is 14.9. The summed E-state index contributed by atoms with van der Waals surface area (Å²) in [6.07, 6.45) is 1.70. The molecule has 0 unspecified atom stereocenters. The molecule has 0 aliphatic carbocycles. The number of nitrogen functional groups attached to an aromatic ring is 1. The van der Waals surface area contributed by atoms with Crippen LogP contribution in [0.4, 0.5) is 20.3 Å². The van der Waals surface area contributed by atoms with Gasteiger partial charge in [0, 0.05) is 54.1 Å². The van der Waals surface area contributed by atoms with Gasteiger partial charge in [0.15, 0.2) is 0 Å². The van der Waals surface area contributed by atoms with Crippen LogP contribution in [0.2, 0.25) is 0 Å². The molecule has 2 aromatic carbocycles. The van der Waals surface area contributed by atoms with E-state index in [1.54, 1.807) is 26.3 Å². The van der Waals surface area contributed by atoms with Gasteiger partial charge in [-0.1, -0.05) is 12.1 Å². The minimum absolute atomic E-state index is 0.107. The molecule has 0 amide bonds. The SMILES string of the molecule is COc1ccc(CN(C)c2cc3nc(C)c(-c4cc(N)c(F)cc4F)cc3cn2)cc1. The molecule has 0 bridgehead atoms. The van der Waals surface area contributed by atoms with Gasteiger partial charge in [0.25, 0.3) is 0 Å². The van der Waals surface area contributed by atoms with Crippen LogP contribution in [0.1, 0.15) is 11.3 Å². The van der Waals surface area contributed by atoms with Gasteiger partial charge in [-0.05, 0) is 36.8 Å².